The van der Waals surface area contributed by atoms with Crippen LogP contribution in [0, 0.1) is 13.8 Å². The summed E-state index contributed by atoms with van der Waals surface area (Å²) >= 11 is 7.81. The van der Waals surface area contributed by atoms with Crippen molar-refractivity contribution in [3.8, 4) is 0 Å². The van der Waals surface area contributed by atoms with Crippen LogP contribution in [-0.4, -0.2) is 38.1 Å². The summed E-state index contributed by atoms with van der Waals surface area (Å²) < 4.78 is 1.09. The number of nitrogens with zero attached hydrogens (tertiary/aromatic N) is 2. The molecule has 0 bridgehead atoms. The van der Waals surface area contributed by atoms with Gasteiger partial charge in [-0.15, -0.1) is 0 Å². The van der Waals surface area contributed by atoms with Crippen LogP contribution >= 0.6 is 22.9 Å². The highest BCUT2D eigenvalue weighted by Crippen LogP contribution is 2.32. The van der Waals surface area contributed by atoms with Gasteiger partial charge in [0, 0.05) is 0 Å². The Kier molecular flexibility index (Phi) is 5.61. The molecule has 0 radical (unpaired) electrons. The van der Waals surface area contributed by atoms with Crippen LogP contribution in [0.2, 0.25) is 5.02 Å². The zero-order chi connectivity index (χ0) is 18.8. The molecule has 3 aromatic rings. The van der Waals surface area contributed by atoms with Crippen LogP contribution in [0.15, 0.2) is 36.4 Å². The number of hydrogen-bond donors (Lipinski definition) is 1. The monoisotopic (exact) mass is 388 g/mol. The van der Waals surface area contributed by atoms with Gasteiger partial charge in [0.15, 0.2) is 5.13 Å². The minimum absolute atomic E-state index is 0.107. The van der Waals surface area contributed by atoms with E-state index in [-0.39, 0.29) is 5.91 Å². The third kappa shape index (κ3) is 3.90. The predicted molar refractivity (Wildman–Crippen MR) is 110 cm³/mol. The summed E-state index contributed by atoms with van der Waals surface area (Å²) in [5.74, 6) is -0.107. The molecule has 26 heavy (non-hydrogen) atoms. The molecule has 6 heteroatoms. The van der Waals surface area contributed by atoms with E-state index in [1.54, 1.807) is 28.4 Å². The maximum Gasteiger partial charge on any atom is 0.261 e. The van der Waals surface area contributed by atoms with Crippen molar-refractivity contribution in [2.45, 2.75) is 13.8 Å². The van der Waals surface area contributed by atoms with Gasteiger partial charge in [-0.2, -0.15) is 0 Å². The first-order valence-electron chi connectivity index (χ1n) is 8.60. The molecule has 0 saturated heterocycles. The van der Waals surface area contributed by atoms with E-state index in [1.165, 1.54) is 16.0 Å². The molecule has 136 valence electrons. The molecule has 0 atom stereocenters. The van der Waals surface area contributed by atoms with Gasteiger partial charge < -0.3 is 4.90 Å². The largest absolute Gasteiger partial charge is 0.338 e. The number of benzene rings is 2. The molecule has 4 nitrogen and oxygen atoms in total. The van der Waals surface area contributed by atoms with Crippen LogP contribution in [0.25, 0.3) is 10.2 Å². The number of thiazole rings is 1. The van der Waals surface area contributed by atoms with Crippen LogP contribution in [0.5, 0.6) is 0 Å². The summed E-state index contributed by atoms with van der Waals surface area (Å²) in [7, 11) is 4.15. The van der Waals surface area contributed by atoms with Gasteiger partial charge in [-0.1, -0.05) is 35.1 Å². The molecule has 1 heterocycles. The van der Waals surface area contributed by atoms with Gasteiger partial charge in [0.2, 0.25) is 0 Å². The molecule has 0 aliphatic rings. The number of halogens is 1. The highest BCUT2D eigenvalue weighted by Gasteiger charge is 2.23. The van der Waals surface area contributed by atoms with E-state index in [0.717, 1.165) is 21.9 Å². The number of hydrogen-bond acceptors (Lipinski definition) is 3. The van der Waals surface area contributed by atoms with Crippen molar-refractivity contribution in [2.75, 3.05) is 32.1 Å². The van der Waals surface area contributed by atoms with Crippen molar-refractivity contribution in [1.82, 2.24) is 4.98 Å². The number of nitrogens with one attached hydrogen (secondary N) is 1. The maximum absolute atomic E-state index is 13.2. The van der Waals surface area contributed by atoms with Crippen LogP contribution in [0.4, 0.5) is 5.13 Å². The summed E-state index contributed by atoms with van der Waals surface area (Å²) in [6, 6.07) is 11.4. The normalized spacial score (nSPS) is 11.3. The highest BCUT2D eigenvalue weighted by atomic mass is 35.5. The lowest BCUT2D eigenvalue weighted by Gasteiger charge is -2.21. The molecule has 3 rings (SSSR count). The van der Waals surface area contributed by atoms with Crippen molar-refractivity contribution in [3.63, 3.8) is 0 Å². The number of anilines is 1. The lowest BCUT2D eigenvalue weighted by atomic mass is 10.1. The lowest BCUT2D eigenvalue weighted by Crippen LogP contribution is -3.06. The van der Waals surface area contributed by atoms with Gasteiger partial charge in [-0.25, -0.2) is 4.98 Å². The quantitative estimate of drug-likeness (QED) is 0.727. The van der Waals surface area contributed by atoms with E-state index in [0.29, 0.717) is 17.1 Å². The molecule has 0 saturated carbocycles. The molecule has 2 aromatic carbocycles. The molecule has 0 aliphatic heterocycles. The van der Waals surface area contributed by atoms with Crippen molar-refractivity contribution >= 4 is 44.2 Å². The van der Waals surface area contributed by atoms with Gasteiger partial charge in [-0.05, 0) is 49.2 Å². The Morgan fingerprint density at radius 2 is 1.88 bits per heavy atom. The first-order valence-corrected chi connectivity index (χ1v) is 9.79. The minimum Gasteiger partial charge on any atom is -0.338 e. The number of quaternary nitrogens is 1. The number of aromatic nitrogens is 1. The number of carbonyl (C=O) groups excluding carboxylic acids is 1. The second-order valence-corrected chi connectivity index (χ2v) is 8.21. The topological polar surface area (TPSA) is 37.6 Å². The van der Waals surface area contributed by atoms with E-state index in [1.807, 2.05) is 12.1 Å². The van der Waals surface area contributed by atoms with Gasteiger partial charge in [0.1, 0.15) is 0 Å². The average molecular weight is 389 g/mol. The number of likely N-dealkylation sites (N-methyl/N-ethyl adjacent to an activating group) is 1. The second-order valence-electron chi connectivity index (χ2n) is 6.79. The van der Waals surface area contributed by atoms with Crippen molar-refractivity contribution in [3.05, 3.63) is 58.1 Å². The zero-order valence-corrected chi connectivity index (χ0v) is 17.0. The van der Waals surface area contributed by atoms with E-state index >= 15 is 0 Å². The molecule has 1 amide bonds. The summed E-state index contributed by atoms with van der Waals surface area (Å²) in [5.41, 5.74) is 3.88. The predicted octanol–water partition coefficient (Wildman–Crippen LogP) is 3.36. The number of fused-ring (bicyclic) bond motifs is 1. The average Bonchev–Trinajstić information content (AvgIpc) is 2.97. The number of amides is 1. The Morgan fingerprint density at radius 1 is 1.19 bits per heavy atom. The summed E-state index contributed by atoms with van der Waals surface area (Å²) in [5, 5.41) is 1.18. The van der Waals surface area contributed by atoms with Gasteiger partial charge in [-0.3, -0.25) is 9.69 Å². The Balaban J connectivity index is 2.03. The Morgan fingerprint density at radius 3 is 2.58 bits per heavy atom. The number of rotatable bonds is 5. The standard InChI is InChI=1S/C20H22ClN3OS/c1-13-11-17-18(12-14(13)2)26-20(22-17)24(10-9-23(3)4)19(25)15-7-5-6-8-16(15)21/h5-8,11-12H,9-10H2,1-4H3/p+1. The Bertz CT molecular complexity index is 912. The molecule has 0 unspecified atom stereocenters. The molecule has 0 fully saturated rings. The third-order valence-electron chi connectivity index (χ3n) is 4.41. The molecule has 1 N–H and O–H groups in total. The molecular formula is C20H23ClN3OS+. The molecule has 0 aliphatic carbocycles. The van der Waals surface area contributed by atoms with Crippen LogP contribution in [-0.2, 0) is 0 Å². The van der Waals surface area contributed by atoms with E-state index in [4.69, 9.17) is 16.6 Å². The minimum atomic E-state index is -0.107. The fraction of sp³-hybridized carbons (Fsp3) is 0.300. The number of carbonyl (C=O) groups is 1. The van der Waals surface area contributed by atoms with Gasteiger partial charge in [0.05, 0.1) is 48.0 Å². The van der Waals surface area contributed by atoms with Gasteiger partial charge in [0.25, 0.3) is 5.91 Å². The van der Waals surface area contributed by atoms with Gasteiger partial charge >= 0.3 is 0 Å². The highest BCUT2D eigenvalue weighted by molar-refractivity contribution is 7.22. The molecule has 1 aromatic heterocycles. The summed E-state index contributed by atoms with van der Waals surface area (Å²) in [6.07, 6.45) is 0. The summed E-state index contributed by atoms with van der Waals surface area (Å²) in [4.78, 5) is 21.0. The SMILES string of the molecule is Cc1cc2nc(N(CC[NH+](C)C)C(=O)c3ccccc3Cl)sc2cc1C. The first-order chi connectivity index (χ1) is 12.4. The van der Waals surface area contributed by atoms with Crippen LogP contribution in [0.3, 0.4) is 0 Å². The fourth-order valence-corrected chi connectivity index (χ4v) is 3.97. The first kappa shape index (κ1) is 18.8. The van der Waals surface area contributed by atoms with Crippen LogP contribution in [0.1, 0.15) is 21.5 Å². The fourth-order valence-electron chi connectivity index (χ4n) is 2.68. The number of aryl methyl sites for hydroxylation is 2. The van der Waals surface area contributed by atoms with Crippen molar-refractivity contribution in [2.24, 2.45) is 0 Å². The molecular weight excluding hydrogens is 366 g/mol. The smallest absolute Gasteiger partial charge is 0.261 e. The second kappa shape index (κ2) is 7.74. The van der Waals surface area contributed by atoms with E-state index < -0.39 is 0 Å². The summed E-state index contributed by atoms with van der Waals surface area (Å²) in [6.45, 7) is 5.58. The zero-order valence-electron chi connectivity index (χ0n) is 15.5. The van der Waals surface area contributed by atoms with Crippen molar-refractivity contribution < 1.29 is 9.69 Å². The maximum atomic E-state index is 13.2. The molecule has 0 spiro atoms. The lowest BCUT2D eigenvalue weighted by molar-refractivity contribution is -0.856. The van der Waals surface area contributed by atoms with Crippen molar-refractivity contribution in [1.29, 1.82) is 0 Å². The van der Waals surface area contributed by atoms with E-state index in [9.17, 15) is 4.79 Å². The Hall–Kier alpha value is -1.95. The van der Waals surface area contributed by atoms with Crippen LogP contribution < -0.4 is 9.80 Å². The van der Waals surface area contributed by atoms with E-state index in [2.05, 4.69) is 40.1 Å². The third-order valence-corrected chi connectivity index (χ3v) is 5.78. The Labute approximate surface area is 163 Å².